The van der Waals surface area contributed by atoms with Crippen molar-refractivity contribution >= 4 is 6.03 Å². The third-order valence-corrected chi connectivity index (χ3v) is 1.01. The van der Waals surface area contributed by atoms with Crippen molar-refractivity contribution in [3.05, 3.63) is 12.2 Å². The van der Waals surface area contributed by atoms with Gasteiger partial charge in [-0.1, -0.05) is 6.08 Å². The molecule has 0 aromatic rings. The van der Waals surface area contributed by atoms with Crippen LogP contribution in [-0.2, 0) is 9.47 Å². The van der Waals surface area contributed by atoms with Crippen LogP contribution >= 0.6 is 0 Å². The molecule has 0 bridgehead atoms. The Labute approximate surface area is 85.0 Å². The second-order valence-electron chi connectivity index (χ2n) is 2.21. The highest BCUT2D eigenvalue weighted by Crippen LogP contribution is 1.95. The van der Waals surface area contributed by atoms with E-state index in [-0.39, 0.29) is 6.29 Å². The van der Waals surface area contributed by atoms with Crippen molar-refractivity contribution in [3.63, 3.8) is 0 Å². The van der Waals surface area contributed by atoms with Crippen LogP contribution in [0.25, 0.3) is 0 Å². The van der Waals surface area contributed by atoms with E-state index < -0.39 is 6.03 Å². The van der Waals surface area contributed by atoms with Gasteiger partial charge < -0.3 is 20.9 Å². The van der Waals surface area contributed by atoms with E-state index in [2.05, 4.69) is 11.5 Å². The molecule has 0 aromatic heterocycles. The van der Waals surface area contributed by atoms with Crippen LogP contribution < -0.4 is 11.5 Å². The standard InChI is InChI=1S/C8H16O2.CH4N2O/c1-4-7-8(9-5-2)10-6-3;2-1(3)4/h4,7-8H,5-6H2,1-3H3;(H4,2,3,4). The maximum absolute atomic E-state index is 9.00. The van der Waals surface area contributed by atoms with E-state index in [0.29, 0.717) is 13.2 Å². The van der Waals surface area contributed by atoms with Crippen LogP contribution in [0.2, 0.25) is 0 Å². The van der Waals surface area contributed by atoms with Gasteiger partial charge in [-0.2, -0.15) is 0 Å². The van der Waals surface area contributed by atoms with Gasteiger partial charge in [-0.15, -0.1) is 0 Å². The summed E-state index contributed by atoms with van der Waals surface area (Å²) in [6, 6.07) is -0.833. The summed E-state index contributed by atoms with van der Waals surface area (Å²) >= 11 is 0. The number of amides is 2. The van der Waals surface area contributed by atoms with Gasteiger partial charge in [0.15, 0.2) is 6.29 Å². The highest BCUT2D eigenvalue weighted by Gasteiger charge is 1.99. The molecule has 0 saturated heterocycles. The first-order valence-corrected chi connectivity index (χ1v) is 4.49. The molecule has 0 aliphatic carbocycles. The molecule has 4 N–H and O–H groups in total. The van der Waals surface area contributed by atoms with E-state index in [0.717, 1.165) is 0 Å². The molecule has 0 heterocycles. The Kier molecular flexibility index (Phi) is 13.1. The van der Waals surface area contributed by atoms with Crippen LogP contribution in [0.1, 0.15) is 20.8 Å². The Morgan fingerprint density at radius 1 is 1.29 bits per heavy atom. The first-order chi connectivity index (χ1) is 6.58. The molecular weight excluding hydrogens is 184 g/mol. The van der Waals surface area contributed by atoms with Crippen LogP contribution in [0.4, 0.5) is 4.79 Å². The molecule has 0 aliphatic rings. The first kappa shape index (κ1) is 15.4. The molecule has 0 saturated carbocycles. The molecule has 14 heavy (non-hydrogen) atoms. The second kappa shape index (κ2) is 11.9. The minimum atomic E-state index is -0.833. The summed E-state index contributed by atoms with van der Waals surface area (Å²) in [7, 11) is 0. The van der Waals surface area contributed by atoms with Gasteiger partial charge in [-0.05, 0) is 26.8 Å². The summed E-state index contributed by atoms with van der Waals surface area (Å²) in [4.78, 5) is 9.00. The van der Waals surface area contributed by atoms with Crippen LogP contribution in [0.5, 0.6) is 0 Å². The summed E-state index contributed by atoms with van der Waals surface area (Å²) in [6.07, 6.45) is 3.67. The van der Waals surface area contributed by atoms with Gasteiger partial charge in [0.05, 0.1) is 0 Å². The summed E-state index contributed by atoms with van der Waals surface area (Å²) in [5, 5.41) is 0. The van der Waals surface area contributed by atoms with Gasteiger partial charge in [-0.3, -0.25) is 0 Å². The second-order valence-corrected chi connectivity index (χ2v) is 2.21. The number of carbonyl (C=O) groups excluding carboxylic acids is 1. The lowest BCUT2D eigenvalue weighted by molar-refractivity contribution is -0.103. The van der Waals surface area contributed by atoms with Crippen LogP contribution in [-0.4, -0.2) is 25.5 Å². The Morgan fingerprint density at radius 3 is 1.86 bits per heavy atom. The largest absolute Gasteiger partial charge is 0.352 e. The third-order valence-electron chi connectivity index (χ3n) is 1.01. The van der Waals surface area contributed by atoms with Gasteiger partial charge in [0.1, 0.15) is 0 Å². The van der Waals surface area contributed by atoms with E-state index >= 15 is 0 Å². The minimum Gasteiger partial charge on any atom is -0.352 e. The van der Waals surface area contributed by atoms with Crippen molar-refractivity contribution in [2.75, 3.05) is 13.2 Å². The van der Waals surface area contributed by atoms with Crippen LogP contribution in [0.3, 0.4) is 0 Å². The number of ether oxygens (including phenoxy) is 2. The fourth-order valence-electron chi connectivity index (χ4n) is 0.645. The number of carbonyl (C=O) groups is 1. The van der Waals surface area contributed by atoms with Crippen LogP contribution in [0.15, 0.2) is 12.2 Å². The average Bonchev–Trinajstić information content (AvgIpc) is 2.04. The van der Waals surface area contributed by atoms with Gasteiger partial charge in [0.2, 0.25) is 0 Å². The van der Waals surface area contributed by atoms with Crippen molar-refractivity contribution < 1.29 is 14.3 Å². The van der Waals surface area contributed by atoms with E-state index in [9.17, 15) is 0 Å². The van der Waals surface area contributed by atoms with Gasteiger partial charge in [0.25, 0.3) is 0 Å². The number of rotatable bonds is 5. The van der Waals surface area contributed by atoms with Crippen molar-refractivity contribution in [3.8, 4) is 0 Å². The molecular formula is C9H20N2O3. The summed E-state index contributed by atoms with van der Waals surface area (Å²) in [5.74, 6) is 0. The molecule has 5 heteroatoms. The van der Waals surface area contributed by atoms with Gasteiger partial charge in [0, 0.05) is 13.2 Å². The molecule has 5 nitrogen and oxygen atoms in total. The summed E-state index contributed by atoms with van der Waals surface area (Å²) < 4.78 is 10.4. The number of hydrogen-bond donors (Lipinski definition) is 2. The number of allylic oxidation sites excluding steroid dienone is 1. The molecule has 0 spiro atoms. The fraction of sp³-hybridized carbons (Fsp3) is 0.667. The first-order valence-electron chi connectivity index (χ1n) is 4.49. The fourth-order valence-corrected chi connectivity index (χ4v) is 0.645. The van der Waals surface area contributed by atoms with Gasteiger partial charge in [-0.25, -0.2) is 4.79 Å². The molecule has 0 radical (unpaired) electrons. The quantitative estimate of drug-likeness (QED) is 0.517. The molecule has 0 aliphatic heterocycles. The number of primary amides is 2. The lowest BCUT2D eigenvalue weighted by Gasteiger charge is -2.11. The zero-order chi connectivity index (χ0) is 11.4. The van der Waals surface area contributed by atoms with E-state index in [1.807, 2.05) is 32.9 Å². The van der Waals surface area contributed by atoms with Crippen molar-refractivity contribution in [1.82, 2.24) is 0 Å². The Morgan fingerprint density at radius 2 is 1.64 bits per heavy atom. The normalized spacial score (nSPS) is 10.0. The summed E-state index contributed by atoms with van der Waals surface area (Å²) in [5.41, 5.74) is 8.50. The zero-order valence-corrected chi connectivity index (χ0v) is 9.03. The van der Waals surface area contributed by atoms with E-state index in [1.54, 1.807) is 0 Å². The molecule has 0 atom stereocenters. The number of nitrogens with two attached hydrogens (primary N) is 2. The molecule has 0 rings (SSSR count). The molecule has 2 amide bonds. The smallest absolute Gasteiger partial charge is 0.309 e. The maximum Gasteiger partial charge on any atom is 0.309 e. The topological polar surface area (TPSA) is 87.6 Å². The molecule has 0 fully saturated rings. The number of hydrogen-bond acceptors (Lipinski definition) is 3. The van der Waals surface area contributed by atoms with Crippen molar-refractivity contribution in [1.29, 1.82) is 0 Å². The highest BCUT2D eigenvalue weighted by molar-refractivity contribution is 5.69. The van der Waals surface area contributed by atoms with Crippen LogP contribution in [0, 0.1) is 0 Å². The minimum absolute atomic E-state index is 0.153. The predicted molar refractivity (Wildman–Crippen MR) is 55.6 cm³/mol. The molecule has 84 valence electrons. The SMILES string of the molecule is CC=CC(OCC)OCC.NC(N)=O. The third kappa shape index (κ3) is 17.1. The monoisotopic (exact) mass is 204 g/mol. The Hall–Kier alpha value is -1.07. The van der Waals surface area contributed by atoms with Crippen molar-refractivity contribution in [2.24, 2.45) is 11.5 Å². The summed E-state index contributed by atoms with van der Waals surface area (Å²) in [6.45, 7) is 7.24. The Bertz CT molecular complexity index is 150. The van der Waals surface area contributed by atoms with Crippen molar-refractivity contribution in [2.45, 2.75) is 27.1 Å². The maximum atomic E-state index is 9.00. The predicted octanol–water partition coefficient (Wildman–Crippen LogP) is 0.985. The average molecular weight is 204 g/mol. The van der Waals surface area contributed by atoms with Gasteiger partial charge >= 0.3 is 6.03 Å². The molecule has 0 unspecified atom stereocenters. The lowest BCUT2D eigenvalue weighted by Crippen LogP contribution is -2.18. The highest BCUT2D eigenvalue weighted by atomic mass is 16.7. The molecule has 0 aromatic carbocycles. The zero-order valence-electron chi connectivity index (χ0n) is 9.03. The van der Waals surface area contributed by atoms with E-state index in [1.165, 1.54) is 0 Å². The Balaban J connectivity index is 0. The number of urea groups is 1. The lowest BCUT2D eigenvalue weighted by atomic mass is 10.5. The van der Waals surface area contributed by atoms with E-state index in [4.69, 9.17) is 14.3 Å².